The molecule has 1 aliphatic carbocycles. The molecule has 1 aromatic rings. The zero-order chi connectivity index (χ0) is 16.1. The number of rotatable bonds is 5. The molecule has 0 radical (unpaired) electrons. The predicted octanol–water partition coefficient (Wildman–Crippen LogP) is 3.30. The zero-order valence-electron chi connectivity index (χ0n) is 13.0. The van der Waals surface area contributed by atoms with Gasteiger partial charge in [0.2, 0.25) is 0 Å². The Hall–Kier alpha value is -2.11. The molecular weight excluding hydrogens is 284 g/mol. The van der Waals surface area contributed by atoms with Gasteiger partial charge in [-0.05, 0) is 43.7 Å². The molecule has 2 rings (SSSR count). The summed E-state index contributed by atoms with van der Waals surface area (Å²) < 4.78 is 4.78. The van der Waals surface area contributed by atoms with Gasteiger partial charge in [0.05, 0.1) is 18.0 Å². The lowest BCUT2D eigenvalue weighted by atomic mass is 9.86. The number of hydrogen-bond acceptors (Lipinski definition) is 5. The average molecular weight is 306 g/mol. The molecule has 1 N–H and O–H groups in total. The summed E-state index contributed by atoms with van der Waals surface area (Å²) in [5, 5.41) is 14.4. The molecule has 0 aromatic heterocycles. The Balaban J connectivity index is 2.05. The number of esters is 1. The molecule has 0 spiro atoms. The van der Waals surface area contributed by atoms with Gasteiger partial charge in [0.15, 0.2) is 0 Å². The Kier molecular flexibility index (Phi) is 5.35. The number of methoxy groups -OCH3 is 1. The van der Waals surface area contributed by atoms with E-state index in [2.05, 4.69) is 5.32 Å². The highest BCUT2D eigenvalue weighted by Crippen LogP contribution is 2.31. The van der Waals surface area contributed by atoms with Crippen LogP contribution < -0.4 is 5.32 Å². The molecule has 0 aliphatic heterocycles. The lowest BCUT2D eigenvalue weighted by Crippen LogP contribution is -2.30. The number of nitrogens with zero attached hydrogens (tertiary/aromatic N) is 1. The van der Waals surface area contributed by atoms with Crippen molar-refractivity contribution in [1.29, 1.82) is 0 Å². The van der Waals surface area contributed by atoms with Crippen LogP contribution in [0.1, 0.15) is 38.2 Å². The van der Waals surface area contributed by atoms with E-state index in [9.17, 15) is 14.9 Å². The largest absolute Gasteiger partial charge is 0.469 e. The standard InChI is InChI=1S/C16H22N2O4/c1-3-11-4-9-15(18(20)21)14(10-11)17-13-7-5-12(6-8-13)16(19)22-2/h4,9-10,12-13,17H,3,5-8H2,1-2H3. The highest BCUT2D eigenvalue weighted by Gasteiger charge is 2.28. The van der Waals surface area contributed by atoms with Crippen molar-refractivity contribution in [2.45, 2.75) is 45.1 Å². The van der Waals surface area contributed by atoms with Gasteiger partial charge in [-0.25, -0.2) is 0 Å². The summed E-state index contributed by atoms with van der Waals surface area (Å²) in [4.78, 5) is 22.3. The topological polar surface area (TPSA) is 81.5 Å². The molecule has 0 unspecified atom stereocenters. The van der Waals surface area contributed by atoms with Gasteiger partial charge < -0.3 is 10.1 Å². The fourth-order valence-corrected chi connectivity index (χ4v) is 2.94. The van der Waals surface area contributed by atoms with E-state index in [-0.39, 0.29) is 28.5 Å². The van der Waals surface area contributed by atoms with Crippen molar-refractivity contribution in [3.05, 3.63) is 33.9 Å². The highest BCUT2D eigenvalue weighted by atomic mass is 16.6. The van der Waals surface area contributed by atoms with Crippen LogP contribution in [-0.2, 0) is 16.0 Å². The Bertz CT molecular complexity index is 551. The summed E-state index contributed by atoms with van der Waals surface area (Å²) in [5.74, 6) is -0.197. The van der Waals surface area contributed by atoms with Gasteiger partial charge in [-0.2, -0.15) is 0 Å². The van der Waals surface area contributed by atoms with Crippen LogP contribution in [-0.4, -0.2) is 24.0 Å². The van der Waals surface area contributed by atoms with Gasteiger partial charge in [0, 0.05) is 12.1 Å². The van der Waals surface area contributed by atoms with Gasteiger partial charge in [0.25, 0.3) is 5.69 Å². The minimum atomic E-state index is -0.359. The van der Waals surface area contributed by atoms with Crippen molar-refractivity contribution in [2.75, 3.05) is 12.4 Å². The van der Waals surface area contributed by atoms with Crippen molar-refractivity contribution in [3.63, 3.8) is 0 Å². The number of hydrogen-bond donors (Lipinski definition) is 1. The second kappa shape index (κ2) is 7.24. The van der Waals surface area contributed by atoms with Gasteiger partial charge in [-0.15, -0.1) is 0 Å². The first-order valence-electron chi connectivity index (χ1n) is 7.66. The third-order valence-electron chi connectivity index (χ3n) is 4.29. The number of aryl methyl sites for hydroxylation is 1. The van der Waals surface area contributed by atoms with Gasteiger partial charge in [0.1, 0.15) is 5.69 Å². The summed E-state index contributed by atoms with van der Waals surface area (Å²) >= 11 is 0. The Morgan fingerprint density at radius 3 is 2.59 bits per heavy atom. The summed E-state index contributed by atoms with van der Waals surface area (Å²) in [6, 6.07) is 5.36. The van der Waals surface area contributed by atoms with Gasteiger partial charge >= 0.3 is 5.97 Å². The average Bonchev–Trinajstić information content (AvgIpc) is 2.54. The fourth-order valence-electron chi connectivity index (χ4n) is 2.94. The van der Waals surface area contributed by atoms with E-state index in [0.29, 0.717) is 5.69 Å². The Morgan fingerprint density at radius 1 is 1.36 bits per heavy atom. The highest BCUT2D eigenvalue weighted by molar-refractivity contribution is 5.72. The number of nitrogens with one attached hydrogen (secondary N) is 1. The maximum absolute atomic E-state index is 11.5. The molecule has 0 heterocycles. The molecule has 120 valence electrons. The monoisotopic (exact) mass is 306 g/mol. The predicted molar refractivity (Wildman–Crippen MR) is 83.9 cm³/mol. The van der Waals surface area contributed by atoms with Crippen LogP contribution in [0, 0.1) is 16.0 Å². The zero-order valence-corrected chi connectivity index (χ0v) is 13.0. The molecular formula is C16H22N2O4. The van der Waals surface area contributed by atoms with Crippen LogP contribution in [0.25, 0.3) is 0 Å². The van der Waals surface area contributed by atoms with Crippen LogP contribution in [0.5, 0.6) is 0 Å². The SMILES string of the molecule is CCc1ccc([N+](=O)[O-])c(NC2CCC(C(=O)OC)CC2)c1. The quantitative estimate of drug-likeness (QED) is 0.513. The third-order valence-corrected chi connectivity index (χ3v) is 4.29. The van der Waals surface area contributed by atoms with E-state index >= 15 is 0 Å². The van der Waals surface area contributed by atoms with E-state index < -0.39 is 0 Å². The van der Waals surface area contributed by atoms with Crippen LogP contribution >= 0.6 is 0 Å². The van der Waals surface area contributed by atoms with Crippen LogP contribution in [0.2, 0.25) is 0 Å². The van der Waals surface area contributed by atoms with E-state index in [0.717, 1.165) is 37.7 Å². The minimum Gasteiger partial charge on any atom is -0.469 e. The molecule has 1 aliphatic rings. The molecule has 0 saturated heterocycles. The summed E-state index contributed by atoms with van der Waals surface area (Å²) in [5.41, 5.74) is 1.74. The maximum atomic E-state index is 11.5. The second-order valence-electron chi connectivity index (χ2n) is 5.68. The lowest BCUT2D eigenvalue weighted by Gasteiger charge is -2.28. The van der Waals surface area contributed by atoms with Crippen molar-refractivity contribution < 1.29 is 14.5 Å². The number of nitro benzene ring substituents is 1. The van der Waals surface area contributed by atoms with E-state index in [1.54, 1.807) is 12.1 Å². The van der Waals surface area contributed by atoms with Crippen molar-refractivity contribution >= 4 is 17.3 Å². The second-order valence-corrected chi connectivity index (χ2v) is 5.68. The lowest BCUT2D eigenvalue weighted by molar-refractivity contribution is -0.384. The van der Waals surface area contributed by atoms with Crippen LogP contribution in [0.15, 0.2) is 18.2 Å². The molecule has 0 atom stereocenters. The number of carbonyl (C=O) groups is 1. The summed E-state index contributed by atoms with van der Waals surface area (Å²) in [6.07, 6.45) is 3.97. The molecule has 1 aromatic carbocycles. The van der Waals surface area contributed by atoms with Gasteiger partial charge in [-0.1, -0.05) is 13.0 Å². The molecule has 0 amide bonds. The smallest absolute Gasteiger partial charge is 0.308 e. The van der Waals surface area contributed by atoms with Crippen molar-refractivity contribution in [1.82, 2.24) is 0 Å². The molecule has 0 bridgehead atoms. The molecule has 6 heteroatoms. The normalized spacial score (nSPS) is 21.2. The van der Waals surface area contributed by atoms with E-state index in [1.165, 1.54) is 7.11 Å². The first-order valence-corrected chi connectivity index (χ1v) is 7.66. The van der Waals surface area contributed by atoms with Crippen LogP contribution in [0.3, 0.4) is 0 Å². The van der Waals surface area contributed by atoms with Crippen molar-refractivity contribution in [3.8, 4) is 0 Å². The first-order chi connectivity index (χ1) is 10.5. The van der Waals surface area contributed by atoms with Crippen molar-refractivity contribution in [2.24, 2.45) is 5.92 Å². The fraction of sp³-hybridized carbons (Fsp3) is 0.562. The Labute approximate surface area is 130 Å². The van der Waals surface area contributed by atoms with Gasteiger partial charge in [-0.3, -0.25) is 14.9 Å². The Morgan fingerprint density at radius 2 is 2.05 bits per heavy atom. The van der Waals surface area contributed by atoms with E-state index in [4.69, 9.17) is 4.74 Å². The summed E-state index contributed by atoms with van der Waals surface area (Å²) in [7, 11) is 1.41. The molecule has 6 nitrogen and oxygen atoms in total. The number of ether oxygens (including phenoxy) is 1. The third kappa shape index (κ3) is 3.75. The minimum absolute atomic E-state index is 0.0417. The maximum Gasteiger partial charge on any atom is 0.308 e. The number of benzene rings is 1. The number of carbonyl (C=O) groups excluding carboxylic acids is 1. The summed E-state index contributed by atoms with van der Waals surface area (Å²) in [6.45, 7) is 2.02. The van der Waals surface area contributed by atoms with Crippen LogP contribution in [0.4, 0.5) is 11.4 Å². The molecule has 22 heavy (non-hydrogen) atoms. The molecule has 1 saturated carbocycles. The van der Waals surface area contributed by atoms with E-state index in [1.807, 2.05) is 13.0 Å². The number of anilines is 1. The molecule has 1 fully saturated rings. The number of nitro groups is 1. The first kappa shape index (κ1) is 16.3.